The third kappa shape index (κ3) is 1400. The van der Waals surface area contributed by atoms with Crippen molar-refractivity contribution in [3.63, 3.8) is 0 Å². The van der Waals surface area contributed by atoms with E-state index >= 15 is 0 Å². The summed E-state index contributed by atoms with van der Waals surface area (Å²) in [4.78, 5) is 0. The Morgan fingerprint density at radius 2 is 1.38 bits per heavy atom. The topological polar surface area (TPSA) is 60.2 Å². The SMILES string of the molecule is FCF.NS(=O)(=O)F. The fraction of sp³-hybridized carbons (Fsp3) is 1.00. The molecule has 0 heterocycles. The molecule has 2 N–H and O–H groups in total. The van der Waals surface area contributed by atoms with E-state index in [-0.39, 0.29) is 0 Å². The Kier molecular flexibility index (Phi) is 6.45. The van der Waals surface area contributed by atoms with E-state index in [1.807, 2.05) is 0 Å². The molecule has 0 saturated heterocycles. The summed E-state index contributed by atoms with van der Waals surface area (Å²) in [5.74, 6) is 0. The van der Waals surface area contributed by atoms with Gasteiger partial charge >= 0.3 is 10.4 Å². The van der Waals surface area contributed by atoms with Crippen LogP contribution in [0.2, 0.25) is 0 Å². The van der Waals surface area contributed by atoms with Crippen molar-refractivity contribution in [2.45, 2.75) is 0 Å². The molecule has 52 valence electrons. The van der Waals surface area contributed by atoms with Crippen LogP contribution in [0.3, 0.4) is 0 Å². The van der Waals surface area contributed by atoms with E-state index in [1.165, 1.54) is 0 Å². The van der Waals surface area contributed by atoms with Gasteiger partial charge in [0.05, 0.1) is 0 Å². The highest BCUT2D eigenvalue weighted by Gasteiger charge is 1.86. The van der Waals surface area contributed by atoms with Crippen LogP contribution in [-0.2, 0) is 10.4 Å². The third-order valence-corrected chi connectivity index (χ3v) is 0. The van der Waals surface area contributed by atoms with Crippen LogP contribution in [0.25, 0.3) is 0 Å². The van der Waals surface area contributed by atoms with Gasteiger partial charge in [-0.2, -0.15) is 8.42 Å². The van der Waals surface area contributed by atoms with E-state index < -0.39 is 17.3 Å². The molecule has 8 heavy (non-hydrogen) atoms. The maximum absolute atomic E-state index is 10.4. The molecule has 0 aliphatic rings. The van der Waals surface area contributed by atoms with E-state index in [0.29, 0.717) is 0 Å². The lowest BCUT2D eigenvalue weighted by molar-refractivity contribution is 0.295. The summed E-state index contributed by atoms with van der Waals surface area (Å²) in [6.45, 7) is -1.75. The molecule has 0 aromatic carbocycles. The molecule has 0 spiro atoms. The lowest BCUT2D eigenvalue weighted by Gasteiger charge is -1.64. The summed E-state index contributed by atoms with van der Waals surface area (Å²) in [6, 6.07) is 0. The predicted octanol–water partition coefficient (Wildman–Crippen LogP) is 0.0423. The monoisotopic (exact) mass is 151 g/mol. The van der Waals surface area contributed by atoms with Crippen LogP contribution in [0.4, 0.5) is 12.7 Å². The average molecular weight is 151 g/mol. The van der Waals surface area contributed by atoms with Gasteiger partial charge in [-0.15, -0.1) is 0 Å². The van der Waals surface area contributed by atoms with E-state index in [1.54, 1.807) is 0 Å². The van der Waals surface area contributed by atoms with Crippen molar-refractivity contribution in [3.05, 3.63) is 0 Å². The Morgan fingerprint density at radius 1 is 1.38 bits per heavy atom. The van der Waals surface area contributed by atoms with Gasteiger partial charge in [0.25, 0.3) is 0 Å². The normalized spacial score (nSPS) is 9.50. The molecule has 0 atom stereocenters. The lowest BCUT2D eigenvalue weighted by atomic mass is 11.7. The van der Waals surface area contributed by atoms with Crippen molar-refractivity contribution in [1.29, 1.82) is 0 Å². The molecule has 0 unspecified atom stereocenters. The van der Waals surface area contributed by atoms with E-state index in [4.69, 9.17) is 8.42 Å². The average Bonchev–Trinajstić information content (AvgIpc) is 1.27. The number of halogens is 3. The first kappa shape index (κ1) is 10.6. The van der Waals surface area contributed by atoms with Gasteiger partial charge < -0.3 is 0 Å². The Morgan fingerprint density at radius 3 is 1.38 bits per heavy atom. The van der Waals surface area contributed by atoms with Gasteiger partial charge in [0, 0.05) is 0 Å². The van der Waals surface area contributed by atoms with Crippen molar-refractivity contribution >= 4 is 10.4 Å². The van der Waals surface area contributed by atoms with Gasteiger partial charge in [-0.25, -0.2) is 13.9 Å². The summed E-state index contributed by atoms with van der Waals surface area (Å²) in [6.07, 6.45) is 0. The first-order valence-electron chi connectivity index (χ1n) is 1.26. The maximum atomic E-state index is 10.4. The van der Waals surface area contributed by atoms with E-state index in [0.717, 1.165) is 0 Å². The van der Waals surface area contributed by atoms with Crippen LogP contribution in [0.15, 0.2) is 0 Å². The fourth-order valence-corrected chi connectivity index (χ4v) is 0. The minimum absolute atomic E-state index is 1.75. The molecule has 0 amide bonds. The highest BCUT2D eigenvalue weighted by atomic mass is 32.3. The maximum Gasteiger partial charge on any atom is 0.369 e. The van der Waals surface area contributed by atoms with Crippen molar-refractivity contribution in [2.24, 2.45) is 5.14 Å². The summed E-state index contributed by atoms with van der Waals surface area (Å²) in [5.41, 5.74) is 0. The van der Waals surface area contributed by atoms with E-state index in [9.17, 15) is 12.7 Å². The second kappa shape index (κ2) is 4.85. The molecule has 0 bridgehead atoms. The fourth-order valence-electron chi connectivity index (χ4n) is 0. The molecule has 7 heteroatoms. The van der Waals surface area contributed by atoms with Crippen molar-refractivity contribution in [1.82, 2.24) is 0 Å². The van der Waals surface area contributed by atoms with Crippen molar-refractivity contribution < 1.29 is 21.1 Å². The van der Waals surface area contributed by atoms with Gasteiger partial charge in [-0.05, 0) is 0 Å². The first-order valence-corrected chi connectivity index (χ1v) is 2.70. The van der Waals surface area contributed by atoms with Crippen LogP contribution in [0.5, 0.6) is 0 Å². The third-order valence-electron chi connectivity index (χ3n) is 0. The molecular weight excluding hydrogens is 147 g/mol. The number of hydrogen-bond donors (Lipinski definition) is 1. The number of nitrogens with two attached hydrogens (primary N) is 1. The van der Waals surface area contributed by atoms with Crippen molar-refractivity contribution in [3.8, 4) is 0 Å². The second-order valence-electron chi connectivity index (χ2n) is 0.577. The molecular formula is CH4F3NO2S. The largest absolute Gasteiger partial charge is 0.369 e. The van der Waals surface area contributed by atoms with E-state index in [2.05, 4.69) is 5.14 Å². The zero-order valence-corrected chi connectivity index (χ0v) is 4.46. The molecule has 3 nitrogen and oxygen atoms in total. The minimum Gasteiger partial charge on any atom is -0.214 e. The Labute approximate surface area is 44.6 Å². The smallest absolute Gasteiger partial charge is 0.214 e. The van der Waals surface area contributed by atoms with Crippen LogP contribution in [0, 0.1) is 0 Å². The lowest BCUT2D eigenvalue weighted by Crippen LogP contribution is -2.01. The predicted molar refractivity (Wildman–Crippen MR) is 21.3 cm³/mol. The first-order chi connectivity index (χ1) is 3.41. The Hall–Kier alpha value is -0.300. The number of alkyl halides is 2. The second-order valence-corrected chi connectivity index (χ2v) is 1.53. The summed E-state index contributed by atoms with van der Waals surface area (Å²) in [7, 11) is -4.67. The van der Waals surface area contributed by atoms with Gasteiger partial charge in [-0.3, -0.25) is 0 Å². The highest BCUT2D eigenvalue weighted by molar-refractivity contribution is 7.83. The molecule has 0 aromatic rings. The Bertz CT molecular complexity index is 111. The highest BCUT2D eigenvalue weighted by Crippen LogP contribution is 1.67. The van der Waals surface area contributed by atoms with Crippen molar-refractivity contribution in [2.75, 3.05) is 6.93 Å². The number of hydrogen-bond acceptors (Lipinski definition) is 2. The quantitative estimate of drug-likeness (QED) is 0.497. The number of rotatable bonds is 0. The zero-order chi connectivity index (χ0) is 7.21. The molecule has 0 fully saturated rings. The van der Waals surface area contributed by atoms with Gasteiger partial charge in [0.2, 0.25) is 6.93 Å². The van der Waals surface area contributed by atoms with Gasteiger partial charge in [-0.1, -0.05) is 3.89 Å². The summed E-state index contributed by atoms with van der Waals surface area (Å²) < 4.78 is 47.2. The molecule has 0 saturated carbocycles. The Balaban J connectivity index is 0. The minimum atomic E-state index is -4.67. The molecule has 0 aliphatic carbocycles. The van der Waals surface area contributed by atoms with Crippen LogP contribution in [0.1, 0.15) is 0 Å². The van der Waals surface area contributed by atoms with Crippen LogP contribution >= 0.6 is 0 Å². The molecule has 0 radical (unpaired) electrons. The van der Waals surface area contributed by atoms with Crippen LogP contribution < -0.4 is 5.14 Å². The van der Waals surface area contributed by atoms with Crippen LogP contribution in [-0.4, -0.2) is 15.3 Å². The summed E-state index contributed by atoms with van der Waals surface area (Å²) in [5, 5.41) is 3.66. The molecule has 0 aromatic heterocycles. The molecule has 0 aliphatic heterocycles. The zero-order valence-electron chi connectivity index (χ0n) is 3.64. The van der Waals surface area contributed by atoms with Gasteiger partial charge in [0.1, 0.15) is 0 Å². The summed E-state index contributed by atoms with van der Waals surface area (Å²) >= 11 is 0. The molecule has 0 rings (SSSR count). The van der Waals surface area contributed by atoms with Gasteiger partial charge in [0.15, 0.2) is 0 Å². The standard InChI is InChI=1S/CH2F2.FH2NO2S/c2-1-3;1-5(2,3)4/h1H2;(H2,2,3,4).